The molecular weight excluding hydrogens is 187 g/mol. The maximum Gasteiger partial charge on any atom is 0.331 e. The minimum absolute atomic E-state index is 0.0390. The second-order valence-corrected chi connectivity index (χ2v) is 6.57. The van der Waals surface area contributed by atoms with Crippen molar-refractivity contribution in [3.8, 4) is 0 Å². The third kappa shape index (κ3) is 2.15. The summed E-state index contributed by atoms with van der Waals surface area (Å²) >= 11 is 0. The lowest BCUT2D eigenvalue weighted by molar-refractivity contribution is 0.0636. The van der Waals surface area contributed by atoms with E-state index in [4.69, 9.17) is 9.05 Å². The van der Waals surface area contributed by atoms with Crippen LogP contribution in [0.2, 0.25) is 0 Å². The molecule has 2 rings (SSSR count). The van der Waals surface area contributed by atoms with Crippen LogP contribution in [-0.4, -0.2) is 18.4 Å². The van der Waals surface area contributed by atoms with Crippen LogP contribution in [0.15, 0.2) is 0 Å². The first-order valence-corrected chi connectivity index (χ1v) is 6.71. The van der Waals surface area contributed by atoms with Gasteiger partial charge in [-0.05, 0) is 18.8 Å². The van der Waals surface area contributed by atoms with E-state index >= 15 is 0 Å². The zero-order valence-electron chi connectivity index (χ0n) is 8.28. The molecular formula is C9H17O3P. The molecule has 4 heteroatoms. The molecule has 1 atom stereocenters. The standard InChI is InChI=1S/C9H17O3P/c1-8(2)7-13(10)11-6-5-9(12-13)3-4-9/h8H,3-7H2,1-2H3. The van der Waals surface area contributed by atoms with Crippen LogP contribution in [0, 0.1) is 5.92 Å². The molecule has 1 heterocycles. The van der Waals surface area contributed by atoms with E-state index < -0.39 is 7.60 Å². The number of hydrogen-bond acceptors (Lipinski definition) is 3. The summed E-state index contributed by atoms with van der Waals surface area (Å²) in [4.78, 5) is 0. The topological polar surface area (TPSA) is 35.5 Å². The van der Waals surface area contributed by atoms with Gasteiger partial charge >= 0.3 is 7.60 Å². The van der Waals surface area contributed by atoms with Gasteiger partial charge in [0.15, 0.2) is 0 Å². The van der Waals surface area contributed by atoms with Gasteiger partial charge in [-0.15, -0.1) is 0 Å². The lowest BCUT2D eigenvalue weighted by Gasteiger charge is -2.30. The second-order valence-electron chi connectivity index (χ2n) is 4.54. The Morgan fingerprint density at radius 3 is 2.62 bits per heavy atom. The summed E-state index contributed by atoms with van der Waals surface area (Å²) in [5, 5.41) is 0. The fourth-order valence-corrected chi connectivity index (χ4v) is 4.12. The Morgan fingerprint density at radius 2 is 2.08 bits per heavy atom. The highest BCUT2D eigenvalue weighted by Crippen LogP contribution is 2.63. The Hall–Kier alpha value is 0.150. The summed E-state index contributed by atoms with van der Waals surface area (Å²) in [6, 6.07) is 0. The van der Waals surface area contributed by atoms with Gasteiger partial charge in [0.25, 0.3) is 0 Å². The van der Waals surface area contributed by atoms with Crippen molar-refractivity contribution in [1.29, 1.82) is 0 Å². The summed E-state index contributed by atoms with van der Waals surface area (Å²) in [7, 11) is -2.73. The molecule has 1 saturated heterocycles. The Balaban J connectivity index is 2.01. The SMILES string of the molecule is CC(C)CP1(=O)OCCC2(CC2)O1. The molecule has 0 radical (unpaired) electrons. The molecule has 13 heavy (non-hydrogen) atoms. The number of hydrogen-bond donors (Lipinski definition) is 0. The lowest BCUT2D eigenvalue weighted by atomic mass is 10.2. The molecule has 1 aliphatic heterocycles. The molecule has 76 valence electrons. The summed E-state index contributed by atoms with van der Waals surface area (Å²) < 4.78 is 23.0. The summed E-state index contributed by atoms with van der Waals surface area (Å²) in [5.74, 6) is 0.375. The smallest absolute Gasteiger partial charge is 0.308 e. The van der Waals surface area contributed by atoms with Crippen molar-refractivity contribution in [2.75, 3.05) is 12.8 Å². The van der Waals surface area contributed by atoms with Gasteiger partial charge in [-0.3, -0.25) is 4.57 Å². The van der Waals surface area contributed by atoms with Gasteiger partial charge in [0.05, 0.1) is 18.4 Å². The average molecular weight is 204 g/mol. The fourth-order valence-electron chi connectivity index (χ4n) is 1.76. The van der Waals surface area contributed by atoms with Gasteiger partial charge in [-0.2, -0.15) is 0 Å². The summed E-state index contributed by atoms with van der Waals surface area (Å²) in [5.41, 5.74) is -0.0390. The highest BCUT2D eigenvalue weighted by Gasteiger charge is 2.52. The molecule has 0 aromatic heterocycles. The van der Waals surface area contributed by atoms with Crippen LogP contribution in [0.3, 0.4) is 0 Å². The number of rotatable bonds is 2. The Morgan fingerprint density at radius 1 is 1.38 bits per heavy atom. The van der Waals surface area contributed by atoms with Crippen LogP contribution < -0.4 is 0 Å². The van der Waals surface area contributed by atoms with E-state index in [-0.39, 0.29) is 5.60 Å². The van der Waals surface area contributed by atoms with Gasteiger partial charge < -0.3 is 9.05 Å². The van der Waals surface area contributed by atoms with Crippen molar-refractivity contribution in [3.05, 3.63) is 0 Å². The van der Waals surface area contributed by atoms with Crippen LogP contribution in [-0.2, 0) is 13.6 Å². The van der Waals surface area contributed by atoms with E-state index in [1.807, 2.05) is 13.8 Å². The van der Waals surface area contributed by atoms with Crippen molar-refractivity contribution < 1.29 is 13.6 Å². The minimum atomic E-state index is -2.73. The molecule has 0 aromatic carbocycles. The Bertz CT molecular complexity index is 245. The van der Waals surface area contributed by atoms with E-state index in [9.17, 15) is 4.57 Å². The van der Waals surface area contributed by atoms with Crippen molar-refractivity contribution in [3.63, 3.8) is 0 Å². The largest absolute Gasteiger partial charge is 0.331 e. The maximum atomic E-state index is 12.1. The van der Waals surface area contributed by atoms with Crippen LogP contribution in [0.4, 0.5) is 0 Å². The normalized spacial score (nSPS) is 36.8. The van der Waals surface area contributed by atoms with E-state index in [1.165, 1.54) is 0 Å². The van der Waals surface area contributed by atoms with E-state index in [1.54, 1.807) is 0 Å². The first-order chi connectivity index (χ1) is 6.04. The zero-order valence-corrected chi connectivity index (χ0v) is 9.18. The van der Waals surface area contributed by atoms with Crippen LogP contribution in [0.1, 0.15) is 33.1 Å². The maximum absolute atomic E-state index is 12.1. The highest BCUT2D eigenvalue weighted by atomic mass is 31.2. The second kappa shape index (κ2) is 3.08. The van der Waals surface area contributed by atoms with Gasteiger partial charge in [0.2, 0.25) is 0 Å². The quantitative estimate of drug-likeness (QED) is 0.649. The Kier molecular flexibility index (Phi) is 2.30. The summed E-state index contributed by atoms with van der Waals surface area (Å²) in [6.45, 7) is 4.70. The van der Waals surface area contributed by atoms with Crippen molar-refractivity contribution in [1.82, 2.24) is 0 Å². The van der Waals surface area contributed by atoms with Gasteiger partial charge in [-0.1, -0.05) is 13.8 Å². The molecule has 0 aromatic rings. The third-order valence-electron chi connectivity index (χ3n) is 2.57. The molecule has 0 N–H and O–H groups in total. The molecule has 1 spiro atoms. The van der Waals surface area contributed by atoms with Crippen molar-refractivity contribution >= 4 is 7.60 Å². The van der Waals surface area contributed by atoms with Crippen molar-refractivity contribution in [2.24, 2.45) is 5.92 Å². The fraction of sp³-hybridized carbons (Fsp3) is 1.00. The van der Waals surface area contributed by atoms with Crippen LogP contribution >= 0.6 is 7.60 Å². The van der Waals surface area contributed by atoms with Gasteiger partial charge in [-0.25, -0.2) is 0 Å². The molecule has 1 aliphatic carbocycles. The monoisotopic (exact) mass is 204 g/mol. The van der Waals surface area contributed by atoms with E-state index in [0.29, 0.717) is 18.7 Å². The highest BCUT2D eigenvalue weighted by molar-refractivity contribution is 7.53. The summed E-state index contributed by atoms with van der Waals surface area (Å²) in [6.07, 6.45) is 3.63. The third-order valence-corrected chi connectivity index (χ3v) is 4.99. The van der Waals surface area contributed by atoms with Crippen LogP contribution in [0.25, 0.3) is 0 Å². The first kappa shape index (κ1) is 9.70. The molecule has 1 saturated carbocycles. The van der Waals surface area contributed by atoms with E-state index in [2.05, 4.69) is 0 Å². The van der Waals surface area contributed by atoms with Crippen LogP contribution in [0.5, 0.6) is 0 Å². The van der Waals surface area contributed by atoms with Gasteiger partial charge in [0.1, 0.15) is 0 Å². The molecule has 2 fully saturated rings. The predicted molar refractivity (Wildman–Crippen MR) is 50.9 cm³/mol. The van der Waals surface area contributed by atoms with E-state index in [0.717, 1.165) is 19.3 Å². The minimum Gasteiger partial charge on any atom is -0.308 e. The van der Waals surface area contributed by atoms with Crippen molar-refractivity contribution in [2.45, 2.75) is 38.7 Å². The van der Waals surface area contributed by atoms with Gasteiger partial charge in [0, 0.05) is 6.42 Å². The molecule has 0 amide bonds. The molecule has 2 aliphatic rings. The molecule has 0 bridgehead atoms. The Labute approximate surface area is 79.3 Å². The average Bonchev–Trinajstić information content (AvgIpc) is 2.65. The molecule has 1 unspecified atom stereocenters. The molecule has 3 nitrogen and oxygen atoms in total. The zero-order chi connectivity index (χ0) is 9.53. The lowest BCUT2D eigenvalue weighted by Crippen LogP contribution is -2.23. The first-order valence-electron chi connectivity index (χ1n) is 4.98. The predicted octanol–water partition coefficient (Wildman–Crippen LogP) is 2.81.